The fourth-order valence-corrected chi connectivity index (χ4v) is 4.97. The molecule has 2 saturated heterocycles. The van der Waals surface area contributed by atoms with Gasteiger partial charge < -0.3 is 9.31 Å². The fraction of sp³-hybridized carbons (Fsp3) is 0.625. The number of benzene rings is 1. The summed E-state index contributed by atoms with van der Waals surface area (Å²) in [6.07, 6.45) is 1.88. The van der Waals surface area contributed by atoms with Crippen molar-refractivity contribution >= 4 is 28.0 Å². The van der Waals surface area contributed by atoms with Crippen LogP contribution in [0.5, 0.6) is 0 Å². The van der Waals surface area contributed by atoms with Gasteiger partial charge in [-0.2, -0.15) is 4.36 Å². The van der Waals surface area contributed by atoms with Gasteiger partial charge in [0, 0.05) is 17.0 Å². The van der Waals surface area contributed by atoms with Crippen LogP contribution in [0.3, 0.4) is 0 Å². The Morgan fingerprint density at radius 2 is 1.70 bits per heavy atom. The van der Waals surface area contributed by atoms with Crippen LogP contribution in [0.2, 0.25) is 0 Å². The summed E-state index contributed by atoms with van der Waals surface area (Å²) >= 11 is 0. The van der Waals surface area contributed by atoms with E-state index in [1.54, 1.807) is 12.1 Å². The number of hydrogen-bond donors (Lipinski definition) is 0. The van der Waals surface area contributed by atoms with E-state index in [4.69, 9.17) is 9.31 Å². The van der Waals surface area contributed by atoms with Crippen molar-refractivity contribution in [3.05, 3.63) is 24.0 Å². The van der Waals surface area contributed by atoms with E-state index >= 15 is 0 Å². The van der Waals surface area contributed by atoms with Gasteiger partial charge >= 0.3 is 7.12 Å². The summed E-state index contributed by atoms with van der Waals surface area (Å²) in [4.78, 5) is 0. The van der Waals surface area contributed by atoms with Crippen molar-refractivity contribution in [2.45, 2.75) is 51.7 Å². The Bertz CT molecular complexity index is 713. The maximum absolute atomic E-state index is 14.3. The molecule has 4 nitrogen and oxygen atoms in total. The standard InChI is InChI=1S/C16H23BFNO3S/c1-15(2)16(3,4)22-17(21-15)13-11-12(7-8-14(13)18)19-23(20)9-5-6-10-23/h7-8,11H,5-6,9-10H2,1-4H3. The van der Waals surface area contributed by atoms with E-state index in [2.05, 4.69) is 4.36 Å². The van der Waals surface area contributed by atoms with E-state index < -0.39 is 33.9 Å². The molecule has 0 atom stereocenters. The van der Waals surface area contributed by atoms with Gasteiger partial charge in [0.05, 0.1) is 26.6 Å². The van der Waals surface area contributed by atoms with E-state index in [-0.39, 0.29) is 0 Å². The summed E-state index contributed by atoms with van der Waals surface area (Å²) in [7, 11) is -2.97. The van der Waals surface area contributed by atoms with Crippen molar-refractivity contribution < 1.29 is 17.9 Å². The molecule has 0 aliphatic carbocycles. The first-order chi connectivity index (χ1) is 10.6. The molecule has 0 aromatic heterocycles. The highest BCUT2D eigenvalue weighted by Gasteiger charge is 2.52. The molecule has 2 aliphatic rings. The molecule has 0 saturated carbocycles. The van der Waals surface area contributed by atoms with Crippen molar-refractivity contribution in [3.8, 4) is 0 Å². The third-order valence-electron chi connectivity index (χ3n) is 4.94. The topological polar surface area (TPSA) is 47.9 Å². The van der Waals surface area contributed by atoms with Crippen molar-refractivity contribution in [1.82, 2.24) is 0 Å². The molecule has 2 aliphatic heterocycles. The zero-order valence-corrected chi connectivity index (χ0v) is 14.9. The molecule has 7 heteroatoms. The molecule has 3 rings (SSSR count). The summed E-state index contributed by atoms with van der Waals surface area (Å²) in [5.41, 5.74) is -0.226. The molecule has 1 aromatic carbocycles. The van der Waals surface area contributed by atoms with Crippen LogP contribution in [0.25, 0.3) is 0 Å². The molecule has 2 fully saturated rings. The van der Waals surface area contributed by atoms with Crippen LogP contribution >= 0.6 is 0 Å². The van der Waals surface area contributed by atoms with Gasteiger partial charge in [-0.1, -0.05) is 0 Å². The van der Waals surface area contributed by atoms with Gasteiger partial charge in [0.15, 0.2) is 0 Å². The van der Waals surface area contributed by atoms with E-state index in [0.29, 0.717) is 22.7 Å². The van der Waals surface area contributed by atoms with Crippen molar-refractivity contribution in [2.24, 2.45) is 4.36 Å². The van der Waals surface area contributed by atoms with Crippen LogP contribution in [0, 0.1) is 5.82 Å². The van der Waals surface area contributed by atoms with Gasteiger partial charge in [0.1, 0.15) is 5.82 Å². The highest BCUT2D eigenvalue weighted by atomic mass is 32.2. The first-order valence-corrected chi connectivity index (χ1v) is 9.85. The Kier molecular flexibility index (Phi) is 4.10. The van der Waals surface area contributed by atoms with Crippen LogP contribution in [-0.2, 0) is 19.0 Å². The van der Waals surface area contributed by atoms with Gasteiger partial charge in [-0.3, -0.25) is 0 Å². The lowest BCUT2D eigenvalue weighted by molar-refractivity contribution is 0.00578. The van der Waals surface area contributed by atoms with E-state index in [1.165, 1.54) is 6.07 Å². The molecule has 2 heterocycles. The van der Waals surface area contributed by atoms with Gasteiger partial charge in [-0.05, 0) is 58.7 Å². The molecule has 0 bridgehead atoms. The van der Waals surface area contributed by atoms with E-state index in [1.807, 2.05) is 27.7 Å². The smallest absolute Gasteiger partial charge is 0.399 e. The molecule has 0 amide bonds. The minimum absolute atomic E-state index is 0.311. The molecule has 0 unspecified atom stereocenters. The van der Waals surface area contributed by atoms with Gasteiger partial charge in [-0.15, -0.1) is 0 Å². The third kappa shape index (κ3) is 3.19. The first kappa shape index (κ1) is 16.9. The summed E-state index contributed by atoms with van der Waals surface area (Å²) in [5, 5.41) is 0. The second-order valence-corrected chi connectivity index (χ2v) is 9.82. The normalized spacial score (nSPS) is 24.8. The SMILES string of the molecule is CC1(C)OB(c2cc(N=S3(=O)CCCC3)ccc2F)OC1(C)C. The molecule has 0 spiro atoms. The number of halogens is 1. The monoisotopic (exact) mass is 339 g/mol. The van der Waals surface area contributed by atoms with E-state index in [0.717, 1.165) is 12.8 Å². The Hall–Kier alpha value is -0.915. The quantitative estimate of drug-likeness (QED) is 0.778. The predicted molar refractivity (Wildman–Crippen MR) is 91.3 cm³/mol. The first-order valence-electron chi connectivity index (χ1n) is 8.00. The molecule has 1 aromatic rings. The lowest BCUT2D eigenvalue weighted by Gasteiger charge is -2.32. The van der Waals surface area contributed by atoms with Gasteiger partial charge in [-0.25, -0.2) is 8.60 Å². The molecule has 0 N–H and O–H groups in total. The second-order valence-electron chi connectivity index (χ2n) is 7.27. The maximum Gasteiger partial charge on any atom is 0.497 e. The van der Waals surface area contributed by atoms with Gasteiger partial charge in [0.2, 0.25) is 0 Å². The fourth-order valence-electron chi connectivity index (χ4n) is 2.78. The van der Waals surface area contributed by atoms with Crippen molar-refractivity contribution in [3.63, 3.8) is 0 Å². The lowest BCUT2D eigenvalue weighted by Crippen LogP contribution is -2.41. The average molecular weight is 339 g/mol. The zero-order valence-electron chi connectivity index (χ0n) is 14.1. The highest BCUT2D eigenvalue weighted by molar-refractivity contribution is 7.93. The van der Waals surface area contributed by atoms with E-state index in [9.17, 15) is 8.60 Å². The minimum Gasteiger partial charge on any atom is -0.399 e. The Morgan fingerprint density at radius 3 is 2.26 bits per heavy atom. The number of nitrogens with zero attached hydrogens (tertiary/aromatic N) is 1. The Balaban J connectivity index is 1.95. The number of hydrogen-bond acceptors (Lipinski definition) is 4. The van der Waals surface area contributed by atoms with Crippen LogP contribution in [0.4, 0.5) is 10.1 Å². The van der Waals surface area contributed by atoms with Crippen molar-refractivity contribution in [2.75, 3.05) is 11.5 Å². The molecule has 23 heavy (non-hydrogen) atoms. The van der Waals surface area contributed by atoms with Crippen molar-refractivity contribution in [1.29, 1.82) is 0 Å². The Morgan fingerprint density at radius 1 is 1.13 bits per heavy atom. The van der Waals surface area contributed by atoms with Crippen LogP contribution in [0.15, 0.2) is 22.6 Å². The Labute approximate surface area is 138 Å². The predicted octanol–water partition coefficient (Wildman–Crippen LogP) is 3.02. The van der Waals surface area contributed by atoms with Crippen LogP contribution in [0.1, 0.15) is 40.5 Å². The third-order valence-corrected chi connectivity index (χ3v) is 7.33. The zero-order chi connectivity index (χ0) is 16.9. The summed E-state index contributed by atoms with van der Waals surface area (Å²) in [6, 6.07) is 4.51. The summed E-state index contributed by atoms with van der Waals surface area (Å²) in [6.45, 7) is 7.70. The van der Waals surface area contributed by atoms with Crippen LogP contribution in [-0.4, -0.2) is 34.0 Å². The molecular formula is C16H23BFNO3S. The molecular weight excluding hydrogens is 316 g/mol. The highest BCUT2D eigenvalue weighted by Crippen LogP contribution is 2.37. The summed E-state index contributed by atoms with van der Waals surface area (Å²) in [5.74, 6) is 0.843. The molecule has 126 valence electrons. The molecule has 0 radical (unpaired) electrons. The average Bonchev–Trinajstić information content (AvgIpc) is 2.94. The summed E-state index contributed by atoms with van der Waals surface area (Å²) < 4.78 is 43.0. The largest absolute Gasteiger partial charge is 0.497 e. The maximum atomic E-state index is 14.3. The lowest BCUT2D eigenvalue weighted by atomic mass is 9.78. The minimum atomic E-state index is -2.18. The second kappa shape index (κ2) is 5.57. The number of rotatable bonds is 2. The van der Waals surface area contributed by atoms with Gasteiger partial charge in [0.25, 0.3) is 0 Å². The van der Waals surface area contributed by atoms with Crippen LogP contribution < -0.4 is 5.46 Å².